The average molecular weight is 341 g/mol. The number of benzene rings is 1. The van der Waals surface area contributed by atoms with Gasteiger partial charge < -0.3 is 14.6 Å². The molecule has 0 bridgehead atoms. The molecule has 0 radical (unpaired) electrons. The monoisotopic (exact) mass is 341 g/mol. The van der Waals surface area contributed by atoms with E-state index in [-0.39, 0.29) is 11.5 Å². The van der Waals surface area contributed by atoms with Crippen LogP contribution >= 0.6 is 0 Å². The quantitative estimate of drug-likeness (QED) is 0.910. The van der Waals surface area contributed by atoms with Crippen LogP contribution < -0.4 is 10.3 Å². The van der Waals surface area contributed by atoms with E-state index in [0.29, 0.717) is 36.6 Å². The Morgan fingerprint density at radius 2 is 2.08 bits per heavy atom. The van der Waals surface area contributed by atoms with Crippen LogP contribution in [-0.2, 0) is 17.8 Å². The first-order valence-corrected chi connectivity index (χ1v) is 8.35. The number of methoxy groups -OCH3 is 1. The molecule has 0 saturated carbocycles. The molecule has 1 aliphatic heterocycles. The van der Waals surface area contributed by atoms with E-state index in [1.165, 1.54) is 0 Å². The summed E-state index contributed by atoms with van der Waals surface area (Å²) in [5.74, 6) is 1.28. The molecular formula is C19H23N3O3. The number of H-pyrrole nitrogens is 1. The molecule has 0 spiro atoms. The highest BCUT2D eigenvalue weighted by Gasteiger charge is 2.31. The lowest BCUT2D eigenvalue weighted by atomic mass is 9.93. The fraction of sp³-hybridized carbons (Fsp3) is 0.421. The average Bonchev–Trinajstić information content (AvgIpc) is 2.60. The minimum atomic E-state index is -0.460. The Labute approximate surface area is 146 Å². The molecule has 0 unspecified atom stereocenters. The number of fused-ring (bicyclic) bond motifs is 1. The van der Waals surface area contributed by atoms with E-state index < -0.39 is 5.41 Å². The van der Waals surface area contributed by atoms with Gasteiger partial charge in [-0.3, -0.25) is 9.59 Å². The molecule has 1 amide bonds. The van der Waals surface area contributed by atoms with Crippen molar-refractivity contribution in [1.29, 1.82) is 0 Å². The van der Waals surface area contributed by atoms with Gasteiger partial charge in [0.15, 0.2) is 0 Å². The number of hydrogen-bond donors (Lipinski definition) is 1. The summed E-state index contributed by atoms with van der Waals surface area (Å²) in [6.45, 7) is 6.56. The largest absolute Gasteiger partial charge is 0.497 e. The highest BCUT2D eigenvalue weighted by molar-refractivity contribution is 5.81. The standard InChI is InChI=1S/C19H23N3O3/c1-19(2,3)18(24)22-9-8-15-14(11-22)17(23)21-16(20-15)12-6-5-7-13(10-12)25-4/h5-7,10H,8-9,11H2,1-4H3,(H,20,21,23). The number of carbonyl (C=O) groups excluding carboxylic acids is 1. The molecule has 2 heterocycles. The van der Waals surface area contributed by atoms with Crippen LogP contribution in [0.5, 0.6) is 5.75 Å². The second kappa shape index (κ2) is 6.35. The van der Waals surface area contributed by atoms with E-state index in [1.54, 1.807) is 12.0 Å². The van der Waals surface area contributed by atoms with Crippen molar-refractivity contribution >= 4 is 5.91 Å². The summed E-state index contributed by atoms with van der Waals surface area (Å²) >= 11 is 0. The van der Waals surface area contributed by atoms with Crippen molar-refractivity contribution in [2.24, 2.45) is 5.41 Å². The van der Waals surface area contributed by atoms with Crippen LogP contribution in [0.1, 0.15) is 32.0 Å². The van der Waals surface area contributed by atoms with Crippen molar-refractivity contribution in [3.05, 3.63) is 45.9 Å². The van der Waals surface area contributed by atoms with Gasteiger partial charge >= 0.3 is 0 Å². The zero-order valence-electron chi connectivity index (χ0n) is 15.0. The number of ether oxygens (including phenoxy) is 1. The summed E-state index contributed by atoms with van der Waals surface area (Å²) in [7, 11) is 1.60. The molecule has 6 nitrogen and oxygen atoms in total. The summed E-state index contributed by atoms with van der Waals surface area (Å²) in [4.78, 5) is 34.3. The Bertz CT molecular complexity index is 865. The van der Waals surface area contributed by atoms with Gasteiger partial charge in [0, 0.05) is 23.9 Å². The molecule has 2 aromatic rings. The lowest BCUT2D eigenvalue weighted by Gasteiger charge is -2.32. The third-order valence-corrected chi connectivity index (χ3v) is 4.34. The Morgan fingerprint density at radius 3 is 2.76 bits per heavy atom. The molecule has 0 aliphatic carbocycles. The number of nitrogens with zero attached hydrogens (tertiary/aromatic N) is 2. The number of rotatable bonds is 2. The van der Waals surface area contributed by atoms with Gasteiger partial charge in [0.25, 0.3) is 5.56 Å². The molecule has 0 saturated heterocycles. The van der Waals surface area contributed by atoms with Gasteiger partial charge in [-0.1, -0.05) is 32.9 Å². The van der Waals surface area contributed by atoms with E-state index >= 15 is 0 Å². The summed E-state index contributed by atoms with van der Waals surface area (Å²) in [5, 5.41) is 0. The van der Waals surface area contributed by atoms with Gasteiger partial charge in [-0.2, -0.15) is 0 Å². The van der Waals surface area contributed by atoms with Crippen LogP contribution in [0.25, 0.3) is 11.4 Å². The van der Waals surface area contributed by atoms with Crippen LogP contribution in [0.4, 0.5) is 0 Å². The van der Waals surface area contributed by atoms with Crippen LogP contribution in [-0.4, -0.2) is 34.4 Å². The number of aromatic amines is 1. The second-order valence-corrected chi connectivity index (χ2v) is 7.30. The first kappa shape index (κ1) is 17.2. The fourth-order valence-electron chi connectivity index (χ4n) is 2.98. The molecule has 1 aliphatic rings. The van der Waals surface area contributed by atoms with Crippen LogP contribution in [0.15, 0.2) is 29.1 Å². The van der Waals surface area contributed by atoms with E-state index in [0.717, 1.165) is 11.3 Å². The highest BCUT2D eigenvalue weighted by Crippen LogP contribution is 2.24. The van der Waals surface area contributed by atoms with Crippen LogP contribution in [0, 0.1) is 5.41 Å². The third-order valence-electron chi connectivity index (χ3n) is 4.34. The number of hydrogen-bond acceptors (Lipinski definition) is 4. The van der Waals surface area contributed by atoms with Crippen LogP contribution in [0.2, 0.25) is 0 Å². The van der Waals surface area contributed by atoms with Gasteiger partial charge in [-0.25, -0.2) is 4.98 Å². The Morgan fingerprint density at radius 1 is 1.32 bits per heavy atom. The first-order chi connectivity index (χ1) is 11.8. The van der Waals surface area contributed by atoms with Crippen molar-refractivity contribution < 1.29 is 9.53 Å². The molecule has 1 N–H and O–H groups in total. The molecule has 0 fully saturated rings. The summed E-state index contributed by atoms with van der Waals surface area (Å²) in [5.41, 5.74) is 1.50. The SMILES string of the molecule is COc1cccc(-c2nc3c(c(=O)[nH]2)CN(C(=O)C(C)(C)C)CC3)c1. The maximum atomic E-state index is 12.6. The molecule has 25 heavy (non-hydrogen) atoms. The summed E-state index contributed by atoms with van der Waals surface area (Å²) in [6, 6.07) is 7.42. The van der Waals surface area contributed by atoms with Gasteiger partial charge in [-0.15, -0.1) is 0 Å². The smallest absolute Gasteiger partial charge is 0.256 e. The molecule has 1 aromatic carbocycles. The first-order valence-electron chi connectivity index (χ1n) is 8.35. The van der Waals surface area contributed by atoms with Crippen molar-refractivity contribution in [3.63, 3.8) is 0 Å². The minimum absolute atomic E-state index is 0.0504. The van der Waals surface area contributed by atoms with Crippen molar-refractivity contribution in [3.8, 4) is 17.1 Å². The van der Waals surface area contributed by atoms with E-state index in [1.807, 2.05) is 45.0 Å². The van der Waals surface area contributed by atoms with Gasteiger partial charge in [-0.05, 0) is 12.1 Å². The van der Waals surface area contributed by atoms with E-state index in [2.05, 4.69) is 9.97 Å². The molecular weight excluding hydrogens is 318 g/mol. The molecule has 6 heteroatoms. The summed E-state index contributed by atoms with van der Waals surface area (Å²) < 4.78 is 5.23. The predicted octanol–water partition coefficient (Wildman–Crippen LogP) is 2.38. The van der Waals surface area contributed by atoms with Crippen LogP contribution in [0.3, 0.4) is 0 Å². The number of aromatic nitrogens is 2. The second-order valence-electron chi connectivity index (χ2n) is 7.30. The van der Waals surface area contributed by atoms with E-state index in [9.17, 15) is 9.59 Å². The maximum absolute atomic E-state index is 12.6. The minimum Gasteiger partial charge on any atom is -0.497 e. The fourth-order valence-corrected chi connectivity index (χ4v) is 2.98. The molecule has 1 aromatic heterocycles. The highest BCUT2D eigenvalue weighted by atomic mass is 16.5. The number of carbonyl (C=O) groups is 1. The third kappa shape index (κ3) is 3.43. The number of nitrogens with one attached hydrogen (secondary N) is 1. The molecule has 3 rings (SSSR count). The Kier molecular flexibility index (Phi) is 4.37. The van der Waals surface area contributed by atoms with Gasteiger partial charge in [0.2, 0.25) is 5.91 Å². The maximum Gasteiger partial charge on any atom is 0.256 e. The number of amides is 1. The van der Waals surface area contributed by atoms with Crippen molar-refractivity contribution in [2.45, 2.75) is 33.7 Å². The normalized spacial score (nSPS) is 14.2. The zero-order valence-corrected chi connectivity index (χ0v) is 15.0. The summed E-state index contributed by atoms with van der Waals surface area (Å²) in [6.07, 6.45) is 0.581. The lowest BCUT2D eigenvalue weighted by molar-refractivity contribution is -0.140. The van der Waals surface area contributed by atoms with Gasteiger partial charge in [0.1, 0.15) is 11.6 Å². The Hall–Kier alpha value is -2.63. The van der Waals surface area contributed by atoms with Crippen molar-refractivity contribution in [2.75, 3.05) is 13.7 Å². The lowest BCUT2D eigenvalue weighted by Crippen LogP contribution is -2.44. The predicted molar refractivity (Wildman–Crippen MR) is 95.4 cm³/mol. The van der Waals surface area contributed by atoms with E-state index in [4.69, 9.17) is 4.74 Å². The topological polar surface area (TPSA) is 75.3 Å². The van der Waals surface area contributed by atoms with Crippen molar-refractivity contribution in [1.82, 2.24) is 14.9 Å². The zero-order chi connectivity index (χ0) is 18.2. The van der Waals surface area contributed by atoms with Gasteiger partial charge in [0.05, 0.1) is 24.9 Å². The molecule has 132 valence electrons. The Balaban J connectivity index is 1.94. The molecule has 0 atom stereocenters.